The van der Waals surface area contributed by atoms with E-state index < -0.39 is 11.8 Å². The standard InChI is InChI=1S/C21H14N4O3/c1-12-10-17(24-20(27)13-6-2-3-7-14(13)21(24)28)19(26)18(11-12)25-22-15-8-4-5-9-16(15)23-25/h2-11,26H,1H3. The van der Waals surface area contributed by atoms with E-state index in [0.29, 0.717) is 27.8 Å². The summed E-state index contributed by atoms with van der Waals surface area (Å²) < 4.78 is 0. The molecule has 4 aromatic rings. The number of aromatic nitrogens is 3. The second-order valence-electron chi connectivity index (χ2n) is 6.62. The molecule has 0 saturated carbocycles. The largest absolute Gasteiger partial charge is 0.504 e. The smallest absolute Gasteiger partial charge is 0.266 e. The van der Waals surface area contributed by atoms with Gasteiger partial charge in [0.25, 0.3) is 11.8 Å². The quantitative estimate of drug-likeness (QED) is 0.547. The van der Waals surface area contributed by atoms with E-state index in [2.05, 4.69) is 10.2 Å². The van der Waals surface area contributed by atoms with Crippen molar-refractivity contribution in [2.75, 3.05) is 4.90 Å². The molecule has 3 aromatic carbocycles. The van der Waals surface area contributed by atoms with Crippen LogP contribution < -0.4 is 4.90 Å². The highest BCUT2D eigenvalue weighted by atomic mass is 16.3. The van der Waals surface area contributed by atoms with Gasteiger partial charge in [-0.05, 0) is 48.9 Å². The molecular weight excluding hydrogens is 356 g/mol. The topological polar surface area (TPSA) is 88.3 Å². The number of anilines is 1. The summed E-state index contributed by atoms with van der Waals surface area (Å²) in [6.45, 7) is 1.81. The van der Waals surface area contributed by atoms with Gasteiger partial charge in [0.1, 0.15) is 16.7 Å². The molecule has 0 unspecified atom stereocenters. The highest BCUT2D eigenvalue weighted by molar-refractivity contribution is 6.35. The molecule has 0 radical (unpaired) electrons. The number of aromatic hydroxyl groups is 1. The summed E-state index contributed by atoms with van der Waals surface area (Å²) >= 11 is 0. The average Bonchev–Trinajstić information content (AvgIpc) is 3.23. The lowest BCUT2D eigenvalue weighted by molar-refractivity contribution is 0.0925. The summed E-state index contributed by atoms with van der Waals surface area (Å²) in [5, 5.41) is 19.7. The minimum atomic E-state index is -0.467. The maximum absolute atomic E-state index is 12.8. The average molecular weight is 370 g/mol. The van der Waals surface area contributed by atoms with Crippen molar-refractivity contribution in [1.82, 2.24) is 15.0 Å². The van der Waals surface area contributed by atoms with Gasteiger partial charge in [0.2, 0.25) is 0 Å². The molecule has 1 N–H and O–H groups in total. The molecule has 2 amide bonds. The van der Waals surface area contributed by atoms with Crippen molar-refractivity contribution in [2.45, 2.75) is 6.92 Å². The molecule has 1 aliphatic rings. The molecular formula is C21H14N4O3. The van der Waals surface area contributed by atoms with E-state index in [9.17, 15) is 14.7 Å². The number of hydrogen-bond acceptors (Lipinski definition) is 5. The molecule has 28 heavy (non-hydrogen) atoms. The molecule has 136 valence electrons. The lowest BCUT2D eigenvalue weighted by Gasteiger charge is -2.18. The third-order valence-electron chi connectivity index (χ3n) is 4.75. The van der Waals surface area contributed by atoms with Crippen LogP contribution >= 0.6 is 0 Å². The van der Waals surface area contributed by atoms with Crippen molar-refractivity contribution in [3.63, 3.8) is 0 Å². The molecule has 1 aliphatic heterocycles. The van der Waals surface area contributed by atoms with Crippen molar-refractivity contribution in [2.24, 2.45) is 0 Å². The van der Waals surface area contributed by atoms with Crippen molar-refractivity contribution in [3.05, 3.63) is 77.4 Å². The molecule has 2 heterocycles. The number of phenols is 1. The first-order valence-electron chi connectivity index (χ1n) is 8.68. The molecule has 0 fully saturated rings. The number of nitrogens with zero attached hydrogens (tertiary/aromatic N) is 4. The fourth-order valence-electron chi connectivity index (χ4n) is 3.44. The number of aryl methyl sites for hydroxylation is 1. The van der Waals surface area contributed by atoms with Crippen molar-refractivity contribution >= 4 is 28.5 Å². The maximum atomic E-state index is 12.8. The normalized spacial score (nSPS) is 13.4. The molecule has 0 spiro atoms. The third-order valence-corrected chi connectivity index (χ3v) is 4.75. The number of rotatable bonds is 2. The summed E-state index contributed by atoms with van der Waals surface area (Å²) in [6, 6.07) is 17.2. The van der Waals surface area contributed by atoms with Gasteiger partial charge >= 0.3 is 0 Å². The van der Waals surface area contributed by atoms with Gasteiger partial charge in [0.05, 0.1) is 16.8 Å². The van der Waals surface area contributed by atoms with Gasteiger partial charge < -0.3 is 5.11 Å². The Bertz CT molecular complexity index is 1220. The van der Waals surface area contributed by atoms with Crippen LogP contribution in [0.5, 0.6) is 5.75 Å². The van der Waals surface area contributed by atoms with E-state index in [4.69, 9.17) is 0 Å². The zero-order valence-electron chi connectivity index (χ0n) is 14.8. The molecule has 0 atom stereocenters. The lowest BCUT2D eigenvalue weighted by atomic mass is 10.1. The highest BCUT2D eigenvalue weighted by Crippen LogP contribution is 2.38. The summed E-state index contributed by atoms with van der Waals surface area (Å²) in [4.78, 5) is 27.9. The first-order valence-corrected chi connectivity index (χ1v) is 8.68. The fraction of sp³-hybridized carbons (Fsp3) is 0.0476. The number of carbonyl (C=O) groups excluding carboxylic acids is 2. The van der Waals surface area contributed by atoms with E-state index in [1.165, 1.54) is 4.80 Å². The van der Waals surface area contributed by atoms with Crippen molar-refractivity contribution in [1.29, 1.82) is 0 Å². The Hall–Kier alpha value is -4.00. The Morgan fingerprint density at radius 3 is 1.86 bits per heavy atom. The van der Waals surface area contributed by atoms with Crippen LogP contribution in [-0.4, -0.2) is 31.9 Å². The fourth-order valence-corrected chi connectivity index (χ4v) is 3.44. The highest BCUT2D eigenvalue weighted by Gasteiger charge is 2.38. The Labute approximate surface area is 159 Å². The minimum absolute atomic E-state index is 0.113. The number of fused-ring (bicyclic) bond motifs is 2. The summed E-state index contributed by atoms with van der Waals surface area (Å²) in [5.41, 5.74) is 3.14. The van der Waals surface area contributed by atoms with Crippen LogP contribution in [0.1, 0.15) is 26.3 Å². The zero-order chi connectivity index (χ0) is 19.4. The second kappa shape index (κ2) is 5.75. The van der Waals surface area contributed by atoms with Crippen LogP contribution in [0, 0.1) is 6.92 Å². The van der Waals surface area contributed by atoms with Gasteiger partial charge in [-0.15, -0.1) is 15.0 Å². The van der Waals surface area contributed by atoms with Crippen LogP contribution in [0.3, 0.4) is 0 Å². The number of amides is 2. The number of benzene rings is 3. The molecule has 0 bridgehead atoms. The summed E-state index contributed by atoms with van der Waals surface area (Å²) in [6.07, 6.45) is 0. The van der Waals surface area contributed by atoms with Gasteiger partial charge in [0.15, 0.2) is 5.75 Å². The lowest BCUT2D eigenvalue weighted by Crippen LogP contribution is -2.29. The number of phenolic OH excluding ortho intramolecular Hbond substituents is 1. The summed E-state index contributed by atoms with van der Waals surface area (Å²) in [7, 11) is 0. The van der Waals surface area contributed by atoms with Gasteiger partial charge in [-0.25, -0.2) is 4.90 Å². The second-order valence-corrected chi connectivity index (χ2v) is 6.62. The number of hydrogen-bond donors (Lipinski definition) is 1. The Balaban J connectivity index is 1.68. The first-order chi connectivity index (χ1) is 13.5. The summed E-state index contributed by atoms with van der Waals surface area (Å²) in [5.74, 6) is -1.17. The van der Waals surface area contributed by atoms with E-state index in [1.807, 2.05) is 31.2 Å². The minimum Gasteiger partial charge on any atom is -0.504 e. The molecule has 0 saturated heterocycles. The van der Waals surface area contributed by atoms with E-state index >= 15 is 0 Å². The Morgan fingerprint density at radius 2 is 1.29 bits per heavy atom. The number of carbonyl (C=O) groups is 2. The van der Waals surface area contributed by atoms with Crippen LogP contribution in [-0.2, 0) is 0 Å². The SMILES string of the molecule is Cc1cc(N2C(=O)c3ccccc3C2=O)c(O)c(-n2nc3ccccc3n2)c1. The third kappa shape index (κ3) is 2.23. The first kappa shape index (κ1) is 16.2. The van der Waals surface area contributed by atoms with Gasteiger partial charge in [-0.1, -0.05) is 24.3 Å². The molecule has 7 heteroatoms. The Kier molecular flexibility index (Phi) is 3.33. The molecule has 5 rings (SSSR count). The predicted molar refractivity (Wildman–Crippen MR) is 103 cm³/mol. The van der Waals surface area contributed by atoms with E-state index in [0.717, 1.165) is 10.5 Å². The van der Waals surface area contributed by atoms with Crippen LogP contribution in [0.15, 0.2) is 60.7 Å². The molecule has 0 aliphatic carbocycles. The van der Waals surface area contributed by atoms with Crippen LogP contribution in [0.25, 0.3) is 16.7 Å². The van der Waals surface area contributed by atoms with E-state index in [1.54, 1.807) is 36.4 Å². The van der Waals surface area contributed by atoms with E-state index in [-0.39, 0.29) is 11.4 Å². The van der Waals surface area contributed by atoms with Gasteiger partial charge in [0, 0.05) is 0 Å². The predicted octanol–water partition coefficient (Wildman–Crippen LogP) is 3.24. The van der Waals surface area contributed by atoms with Gasteiger partial charge in [-0.2, -0.15) is 0 Å². The van der Waals surface area contributed by atoms with Crippen LogP contribution in [0.4, 0.5) is 5.69 Å². The maximum Gasteiger partial charge on any atom is 0.266 e. The van der Waals surface area contributed by atoms with Gasteiger partial charge in [-0.3, -0.25) is 9.59 Å². The zero-order valence-corrected chi connectivity index (χ0v) is 14.8. The number of imide groups is 1. The molecule has 7 nitrogen and oxygen atoms in total. The molecule has 1 aromatic heterocycles. The Morgan fingerprint density at radius 1 is 0.786 bits per heavy atom. The van der Waals surface area contributed by atoms with Crippen molar-refractivity contribution in [3.8, 4) is 11.4 Å². The monoisotopic (exact) mass is 370 g/mol. The van der Waals surface area contributed by atoms with Crippen LogP contribution in [0.2, 0.25) is 0 Å². The van der Waals surface area contributed by atoms with Crippen molar-refractivity contribution < 1.29 is 14.7 Å².